The van der Waals surface area contributed by atoms with Gasteiger partial charge in [0.05, 0.1) is 11.9 Å². The SMILES string of the molecule is CCc1ccc(C(=O)CCCC[C@H](NC(=O)c2ccc(CCc3cnc4nc(N)nc(N)c4n3)cc2)C(=O)O)c(-c2nn[nH]n2)c1. The molecular formula is C31H33N11O4. The van der Waals surface area contributed by atoms with E-state index in [1.807, 2.05) is 19.1 Å². The Bertz CT molecular complexity index is 1860. The molecule has 0 saturated heterocycles. The van der Waals surface area contributed by atoms with Crippen molar-refractivity contribution >= 4 is 40.6 Å². The number of Topliss-reactive ketones (excluding diaryl/α,β-unsaturated/α-hetero) is 1. The summed E-state index contributed by atoms with van der Waals surface area (Å²) >= 11 is 0. The Kier molecular flexibility index (Phi) is 9.80. The zero-order chi connectivity index (χ0) is 32.6. The van der Waals surface area contributed by atoms with Crippen molar-refractivity contribution in [2.75, 3.05) is 11.5 Å². The normalized spacial score (nSPS) is 11.8. The zero-order valence-electron chi connectivity index (χ0n) is 25.1. The lowest BCUT2D eigenvalue weighted by Crippen LogP contribution is -2.40. The summed E-state index contributed by atoms with van der Waals surface area (Å²) in [7, 11) is 0. The largest absolute Gasteiger partial charge is 0.480 e. The van der Waals surface area contributed by atoms with E-state index in [1.54, 1.807) is 36.5 Å². The molecule has 3 aromatic heterocycles. The lowest BCUT2D eigenvalue weighted by Gasteiger charge is -2.15. The van der Waals surface area contributed by atoms with Crippen LogP contribution in [0.1, 0.15) is 70.1 Å². The summed E-state index contributed by atoms with van der Waals surface area (Å²) in [4.78, 5) is 54.5. The number of nitrogens with one attached hydrogen (secondary N) is 2. The van der Waals surface area contributed by atoms with Gasteiger partial charge in [-0.3, -0.25) is 9.59 Å². The van der Waals surface area contributed by atoms with Gasteiger partial charge in [0.15, 0.2) is 22.8 Å². The number of ketones is 1. The van der Waals surface area contributed by atoms with Gasteiger partial charge in [-0.2, -0.15) is 15.2 Å². The van der Waals surface area contributed by atoms with Crippen molar-refractivity contribution < 1.29 is 19.5 Å². The van der Waals surface area contributed by atoms with E-state index in [2.05, 4.69) is 45.9 Å². The molecule has 3 heterocycles. The minimum Gasteiger partial charge on any atom is -0.480 e. The molecule has 5 rings (SSSR count). The second-order valence-corrected chi connectivity index (χ2v) is 10.7. The molecule has 0 saturated carbocycles. The molecule has 46 heavy (non-hydrogen) atoms. The molecule has 0 unspecified atom stereocenters. The number of aromatic nitrogens is 8. The Labute approximate surface area is 263 Å². The second kappa shape index (κ2) is 14.3. The van der Waals surface area contributed by atoms with E-state index >= 15 is 0 Å². The average molecular weight is 624 g/mol. The number of nitrogens with zero attached hydrogens (tertiary/aromatic N) is 7. The van der Waals surface area contributed by atoms with Crippen LogP contribution in [-0.2, 0) is 24.1 Å². The van der Waals surface area contributed by atoms with Gasteiger partial charge < -0.3 is 21.9 Å². The number of aliphatic carboxylic acids is 1. The number of hydrogen-bond donors (Lipinski definition) is 5. The third-order valence-electron chi connectivity index (χ3n) is 7.52. The van der Waals surface area contributed by atoms with Crippen molar-refractivity contribution in [3.8, 4) is 11.4 Å². The minimum absolute atomic E-state index is 0.0311. The Morgan fingerprint density at radius 3 is 2.48 bits per heavy atom. The molecule has 2 aromatic carbocycles. The topological polar surface area (TPSA) is 242 Å². The number of hydrogen-bond acceptors (Lipinski definition) is 12. The van der Waals surface area contributed by atoms with E-state index in [0.29, 0.717) is 65.1 Å². The number of carboxylic acids is 1. The van der Waals surface area contributed by atoms with E-state index in [9.17, 15) is 19.5 Å². The third-order valence-corrected chi connectivity index (χ3v) is 7.52. The summed E-state index contributed by atoms with van der Waals surface area (Å²) < 4.78 is 0. The highest BCUT2D eigenvalue weighted by molar-refractivity contribution is 6.01. The van der Waals surface area contributed by atoms with Crippen LogP contribution in [0.2, 0.25) is 0 Å². The van der Waals surface area contributed by atoms with Crippen LogP contribution >= 0.6 is 0 Å². The number of fused-ring (bicyclic) bond motifs is 1. The van der Waals surface area contributed by atoms with Crippen LogP contribution in [0.4, 0.5) is 11.8 Å². The smallest absolute Gasteiger partial charge is 0.326 e. The zero-order valence-corrected chi connectivity index (χ0v) is 25.1. The summed E-state index contributed by atoms with van der Waals surface area (Å²) in [6.07, 6.45) is 4.83. The number of anilines is 2. The van der Waals surface area contributed by atoms with E-state index < -0.39 is 17.9 Å². The molecule has 0 aliphatic carbocycles. The van der Waals surface area contributed by atoms with E-state index in [-0.39, 0.29) is 30.4 Å². The number of nitrogens with two attached hydrogens (primary N) is 2. The highest BCUT2D eigenvalue weighted by Gasteiger charge is 2.21. The third kappa shape index (κ3) is 7.61. The molecule has 1 atom stereocenters. The summed E-state index contributed by atoms with van der Waals surface area (Å²) in [6, 6.07) is 11.3. The number of tetrazole rings is 1. The number of amides is 1. The van der Waals surface area contributed by atoms with Crippen LogP contribution in [0.5, 0.6) is 0 Å². The van der Waals surface area contributed by atoms with Crippen LogP contribution < -0.4 is 16.8 Å². The fourth-order valence-corrected chi connectivity index (χ4v) is 4.98. The predicted octanol–water partition coefficient (Wildman–Crippen LogP) is 2.74. The number of unbranched alkanes of at least 4 members (excludes halogenated alkanes) is 1. The van der Waals surface area contributed by atoms with Crippen LogP contribution in [0.25, 0.3) is 22.6 Å². The van der Waals surface area contributed by atoms with E-state index in [1.165, 1.54) is 0 Å². The standard InChI is InChI=1S/C31H33N11O4/c1-2-17-10-14-21(22(15-17)27-39-41-42-40-27)24(43)6-4-3-5-23(30(45)46)36-29(44)19-11-7-18(8-12-19)9-13-20-16-34-28-25(35-20)26(32)37-31(33)38-28/h7-8,10-12,14-16,23H,2-6,9,13H2,1H3,(H,36,44)(H,45,46)(H,39,40,41,42)(H4,32,33,34,37,38)/t23-/m0/s1. The highest BCUT2D eigenvalue weighted by atomic mass is 16.4. The van der Waals surface area contributed by atoms with Crippen LogP contribution in [0, 0.1) is 0 Å². The van der Waals surface area contributed by atoms with Gasteiger partial charge in [-0.05, 0) is 66.6 Å². The molecule has 236 valence electrons. The van der Waals surface area contributed by atoms with Gasteiger partial charge in [-0.15, -0.1) is 10.2 Å². The lowest BCUT2D eigenvalue weighted by molar-refractivity contribution is -0.139. The highest BCUT2D eigenvalue weighted by Crippen LogP contribution is 2.24. The number of nitrogen functional groups attached to an aromatic ring is 2. The van der Waals surface area contributed by atoms with Crippen LogP contribution in [-0.4, -0.2) is 69.4 Å². The molecular weight excluding hydrogens is 590 g/mol. The van der Waals surface area contributed by atoms with Gasteiger partial charge >= 0.3 is 5.97 Å². The van der Waals surface area contributed by atoms with Gasteiger partial charge in [-0.1, -0.05) is 37.6 Å². The Balaban J connectivity index is 1.12. The first-order valence-corrected chi connectivity index (χ1v) is 14.8. The van der Waals surface area contributed by atoms with Crippen LogP contribution in [0.15, 0.2) is 48.7 Å². The molecule has 15 heteroatoms. The Morgan fingerprint density at radius 1 is 0.978 bits per heavy atom. The molecule has 0 bridgehead atoms. The molecule has 7 N–H and O–H groups in total. The number of carboxylic acid groups (broad SMARTS) is 1. The average Bonchev–Trinajstić information content (AvgIpc) is 3.60. The molecule has 1 amide bonds. The van der Waals surface area contributed by atoms with Crippen molar-refractivity contribution in [1.29, 1.82) is 0 Å². The number of aryl methyl sites for hydroxylation is 3. The quantitative estimate of drug-likeness (QED) is 0.0883. The molecule has 0 spiro atoms. The number of aromatic amines is 1. The molecule has 15 nitrogen and oxygen atoms in total. The monoisotopic (exact) mass is 623 g/mol. The van der Waals surface area contributed by atoms with Crippen molar-refractivity contribution in [3.05, 3.63) is 76.6 Å². The predicted molar refractivity (Wildman–Crippen MR) is 168 cm³/mol. The lowest BCUT2D eigenvalue weighted by atomic mass is 9.96. The van der Waals surface area contributed by atoms with Gasteiger partial charge in [0, 0.05) is 23.1 Å². The fraction of sp³-hybridized carbons (Fsp3) is 0.290. The first-order chi connectivity index (χ1) is 22.2. The van der Waals surface area contributed by atoms with Crippen molar-refractivity contribution in [3.63, 3.8) is 0 Å². The molecule has 0 radical (unpaired) electrons. The summed E-state index contributed by atoms with van der Waals surface area (Å²) in [5, 5.41) is 26.4. The first-order valence-electron chi connectivity index (χ1n) is 14.8. The number of carbonyl (C=O) groups excluding carboxylic acids is 2. The number of rotatable bonds is 14. The number of benzene rings is 2. The van der Waals surface area contributed by atoms with Crippen molar-refractivity contribution in [2.24, 2.45) is 0 Å². The summed E-state index contributed by atoms with van der Waals surface area (Å²) in [5.41, 5.74) is 16.3. The molecule has 0 aliphatic heterocycles. The van der Waals surface area contributed by atoms with E-state index in [4.69, 9.17) is 11.5 Å². The molecule has 0 fully saturated rings. The maximum atomic E-state index is 13.0. The fourth-order valence-electron chi connectivity index (χ4n) is 4.98. The Hall–Kier alpha value is -5.86. The second-order valence-electron chi connectivity index (χ2n) is 10.7. The van der Waals surface area contributed by atoms with Gasteiger partial charge in [0.2, 0.25) is 11.8 Å². The van der Waals surface area contributed by atoms with Gasteiger partial charge in [0.25, 0.3) is 5.91 Å². The summed E-state index contributed by atoms with van der Waals surface area (Å²) in [5.74, 6) is -1.21. The van der Waals surface area contributed by atoms with Gasteiger partial charge in [0.1, 0.15) is 6.04 Å². The van der Waals surface area contributed by atoms with Crippen molar-refractivity contribution in [2.45, 2.75) is 57.9 Å². The van der Waals surface area contributed by atoms with Gasteiger partial charge in [-0.25, -0.2) is 14.8 Å². The number of H-pyrrole nitrogens is 1. The maximum absolute atomic E-state index is 13.0. The summed E-state index contributed by atoms with van der Waals surface area (Å²) in [6.45, 7) is 2.01. The minimum atomic E-state index is -1.14. The maximum Gasteiger partial charge on any atom is 0.326 e. The van der Waals surface area contributed by atoms with E-state index in [0.717, 1.165) is 17.5 Å². The van der Waals surface area contributed by atoms with Crippen molar-refractivity contribution in [1.82, 2.24) is 45.9 Å². The first kappa shape index (κ1) is 31.6. The number of carbonyl (C=O) groups is 3. The Morgan fingerprint density at radius 2 is 1.76 bits per heavy atom. The van der Waals surface area contributed by atoms with Crippen LogP contribution in [0.3, 0.4) is 0 Å². The molecule has 0 aliphatic rings. The molecule has 5 aromatic rings.